The molecule has 1 amide bonds. The Morgan fingerprint density at radius 2 is 1.66 bits per heavy atom. The van der Waals surface area contributed by atoms with Gasteiger partial charge in [-0.1, -0.05) is 0 Å². The molecule has 3 aromatic rings. The van der Waals surface area contributed by atoms with Crippen LogP contribution in [0.5, 0.6) is 5.75 Å². The van der Waals surface area contributed by atoms with Crippen molar-refractivity contribution in [3.8, 4) is 11.4 Å². The van der Waals surface area contributed by atoms with E-state index in [1.807, 2.05) is 19.9 Å². The standard InChI is InChI=1S/C25H21N3O6S/c1-13-8-15(14(2)28(13)19-10-16(23(30)31)9-17(11-19)24(32)33)12-21-22(29)27-25(35-21)26-18-4-6-20(34-3)7-5-18/h4-12H,1-3H3,(H,30,31)(H,32,33)(H,26,27,29)/b21-12+. The van der Waals surface area contributed by atoms with E-state index in [1.54, 1.807) is 42.0 Å². The molecule has 0 aliphatic carbocycles. The molecule has 0 saturated carbocycles. The van der Waals surface area contributed by atoms with Gasteiger partial charge in [-0.2, -0.15) is 0 Å². The molecule has 0 atom stereocenters. The van der Waals surface area contributed by atoms with Crippen LogP contribution in [0.3, 0.4) is 0 Å². The molecule has 1 fully saturated rings. The summed E-state index contributed by atoms with van der Waals surface area (Å²) in [5.74, 6) is -2.02. The van der Waals surface area contributed by atoms with Crippen molar-refractivity contribution in [2.45, 2.75) is 13.8 Å². The number of hydrogen-bond acceptors (Lipinski definition) is 6. The first-order chi connectivity index (χ1) is 16.7. The zero-order chi connectivity index (χ0) is 25.3. The van der Waals surface area contributed by atoms with Crippen molar-refractivity contribution in [1.29, 1.82) is 0 Å². The number of carbonyl (C=O) groups is 3. The molecule has 1 saturated heterocycles. The minimum absolute atomic E-state index is 0.127. The highest BCUT2D eigenvalue weighted by Crippen LogP contribution is 2.31. The summed E-state index contributed by atoms with van der Waals surface area (Å²) >= 11 is 1.21. The quantitative estimate of drug-likeness (QED) is 0.436. The molecule has 35 heavy (non-hydrogen) atoms. The summed E-state index contributed by atoms with van der Waals surface area (Å²) in [6.45, 7) is 3.64. The molecule has 2 aromatic carbocycles. The molecule has 1 aromatic heterocycles. The average molecular weight is 492 g/mol. The van der Waals surface area contributed by atoms with Gasteiger partial charge < -0.3 is 24.8 Å². The predicted molar refractivity (Wildman–Crippen MR) is 133 cm³/mol. The number of amides is 1. The van der Waals surface area contributed by atoms with Crippen molar-refractivity contribution < 1.29 is 29.3 Å². The third-order valence-electron chi connectivity index (χ3n) is 5.38. The first kappa shape index (κ1) is 23.8. The summed E-state index contributed by atoms with van der Waals surface area (Å²) in [5, 5.41) is 22.0. The number of ether oxygens (including phenoxy) is 1. The summed E-state index contributed by atoms with van der Waals surface area (Å²) < 4.78 is 6.90. The van der Waals surface area contributed by atoms with Crippen LogP contribution in [0.25, 0.3) is 11.8 Å². The second-order valence-corrected chi connectivity index (χ2v) is 8.75. The zero-order valence-corrected chi connectivity index (χ0v) is 19.8. The van der Waals surface area contributed by atoms with Crippen LogP contribution in [0.1, 0.15) is 37.7 Å². The Kier molecular flexibility index (Phi) is 6.48. The van der Waals surface area contributed by atoms with E-state index in [-0.39, 0.29) is 17.0 Å². The van der Waals surface area contributed by atoms with Crippen LogP contribution in [0.15, 0.2) is 58.4 Å². The average Bonchev–Trinajstić information content (AvgIpc) is 3.31. The maximum atomic E-state index is 12.6. The van der Waals surface area contributed by atoms with Gasteiger partial charge in [-0.05, 0) is 85.8 Å². The molecule has 0 radical (unpaired) electrons. The lowest BCUT2D eigenvalue weighted by molar-refractivity contribution is -0.115. The molecule has 9 nitrogen and oxygen atoms in total. The summed E-state index contributed by atoms with van der Waals surface area (Å²) in [7, 11) is 1.58. The fraction of sp³-hybridized carbons (Fsp3) is 0.120. The second-order valence-electron chi connectivity index (χ2n) is 7.72. The minimum Gasteiger partial charge on any atom is -0.497 e. The lowest BCUT2D eigenvalue weighted by Gasteiger charge is -2.12. The molecule has 1 aliphatic rings. The van der Waals surface area contributed by atoms with E-state index in [1.165, 1.54) is 23.9 Å². The molecular weight excluding hydrogens is 470 g/mol. The number of aromatic nitrogens is 1. The fourth-order valence-electron chi connectivity index (χ4n) is 3.71. The van der Waals surface area contributed by atoms with E-state index in [9.17, 15) is 24.6 Å². The highest BCUT2D eigenvalue weighted by atomic mass is 32.2. The Hall–Kier alpha value is -4.31. The number of rotatable bonds is 6. The Morgan fingerprint density at radius 1 is 1.03 bits per heavy atom. The van der Waals surface area contributed by atoms with Crippen molar-refractivity contribution in [1.82, 2.24) is 9.88 Å². The number of nitrogens with one attached hydrogen (secondary N) is 1. The van der Waals surface area contributed by atoms with Gasteiger partial charge in [0.15, 0.2) is 5.17 Å². The molecule has 0 spiro atoms. The molecule has 178 valence electrons. The fourth-order valence-corrected chi connectivity index (χ4v) is 4.55. The largest absolute Gasteiger partial charge is 0.497 e. The van der Waals surface area contributed by atoms with E-state index in [2.05, 4.69) is 10.3 Å². The third kappa shape index (κ3) is 4.97. The lowest BCUT2D eigenvalue weighted by Crippen LogP contribution is -2.19. The monoisotopic (exact) mass is 491 g/mol. The smallest absolute Gasteiger partial charge is 0.335 e. The van der Waals surface area contributed by atoms with Crippen LogP contribution in [0.2, 0.25) is 0 Å². The number of aliphatic imine (C=N–C) groups is 1. The Balaban J connectivity index is 1.67. The van der Waals surface area contributed by atoms with Crippen LogP contribution in [0, 0.1) is 13.8 Å². The highest BCUT2D eigenvalue weighted by Gasteiger charge is 2.25. The maximum absolute atomic E-state index is 12.6. The normalized spacial score (nSPS) is 15.5. The summed E-state index contributed by atoms with van der Waals surface area (Å²) in [6.07, 6.45) is 1.73. The number of aromatic carboxylic acids is 2. The number of methoxy groups -OCH3 is 1. The zero-order valence-electron chi connectivity index (χ0n) is 19.0. The van der Waals surface area contributed by atoms with Gasteiger partial charge in [-0.3, -0.25) is 4.79 Å². The summed E-state index contributed by atoms with van der Waals surface area (Å²) in [6, 6.07) is 12.9. The minimum atomic E-state index is -1.22. The Morgan fingerprint density at radius 3 is 2.23 bits per heavy atom. The van der Waals surface area contributed by atoms with E-state index >= 15 is 0 Å². The number of nitrogens with zero attached hydrogens (tertiary/aromatic N) is 2. The van der Waals surface area contributed by atoms with Crippen molar-refractivity contribution in [3.05, 3.63) is 81.5 Å². The van der Waals surface area contributed by atoms with Gasteiger partial charge in [0.25, 0.3) is 5.91 Å². The first-order valence-electron chi connectivity index (χ1n) is 10.4. The Labute approximate surface area is 204 Å². The lowest BCUT2D eigenvalue weighted by atomic mass is 10.1. The molecule has 0 bridgehead atoms. The third-order valence-corrected chi connectivity index (χ3v) is 6.29. The van der Waals surface area contributed by atoms with Crippen molar-refractivity contribution in [2.24, 2.45) is 4.99 Å². The van der Waals surface area contributed by atoms with Gasteiger partial charge in [-0.15, -0.1) is 0 Å². The number of hydrogen-bond donors (Lipinski definition) is 3. The molecule has 4 rings (SSSR count). The van der Waals surface area contributed by atoms with Crippen molar-refractivity contribution >= 4 is 46.5 Å². The first-order valence-corrected chi connectivity index (χ1v) is 11.2. The van der Waals surface area contributed by atoms with Gasteiger partial charge in [0.05, 0.1) is 28.8 Å². The molecule has 2 heterocycles. The van der Waals surface area contributed by atoms with Crippen LogP contribution >= 0.6 is 11.8 Å². The second kappa shape index (κ2) is 9.51. The number of aryl methyl sites for hydroxylation is 1. The summed E-state index contributed by atoms with van der Waals surface area (Å²) in [4.78, 5) is 40.5. The molecular formula is C25H21N3O6S. The van der Waals surface area contributed by atoms with Crippen LogP contribution < -0.4 is 10.1 Å². The van der Waals surface area contributed by atoms with E-state index in [0.717, 1.165) is 23.0 Å². The van der Waals surface area contributed by atoms with E-state index in [4.69, 9.17) is 4.74 Å². The van der Waals surface area contributed by atoms with Crippen LogP contribution in [-0.4, -0.2) is 44.9 Å². The number of thioether (sulfide) groups is 1. The Bertz CT molecular complexity index is 1390. The number of carbonyl (C=O) groups excluding carboxylic acids is 1. The topological polar surface area (TPSA) is 130 Å². The van der Waals surface area contributed by atoms with Gasteiger partial charge in [0, 0.05) is 17.1 Å². The number of amidine groups is 1. The molecule has 1 aliphatic heterocycles. The van der Waals surface area contributed by atoms with Crippen LogP contribution in [0.4, 0.5) is 5.69 Å². The summed E-state index contributed by atoms with van der Waals surface area (Å²) in [5.41, 5.74) is 3.04. The van der Waals surface area contributed by atoms with E-state index < -0.39 is 11.9 Å². The van der Waals surface area contributed by atoms with Gasteiger partial charge in [-0.25, -0.2) is 14.6 Å². The number of carboxylic acid groups (broad SMARTS) is 2. The molecule has 0 unspecified atom stereocenters. The SMILES string of the molecule is COc1ccc(N=C2NC(=O)/C(=C\c3cc(C)n(-c4cc(C(=O)O)cc(C(=O)O)c4)c3C)S2)cc1. The van der Waals surface area contributed by atoms with E-state index in [0.29, 0.717) is 27.2 Å². The number of benzene rings is 2. The maximum Gasteiger partial charge on any atom is 0.335 e. The molecule has 3 N–H and O–H groups in total. The molecule has 10 heteroatoms. The van der Waals surface area contributed by atoms with Gasteiger partial charge >= 0.3 is 11.9 Å². The van der Waals surface area contributed by atoms with Crippen molar-refractivity contribution in [3.63, 3.8) is 0 Å². The van der Waals surface area contributed by atoms with Crippen molar-refractivity contribution in [2.75, 3.05) is 7.11 Å². The number of carboxylic acids is 2. The predicted octanol–water partition coefficient (Wildman–Crippen LogP) is 4.39. The highest BCUT2D eigenvalue weighted by molar-refractivity contribution is 8.18. The van der Waals surface area contributed by atoms with Gasteiger partial charge in [0.2, 0.25) is 0 Å². The van der Waals surface area contributed by atoms with Gasteiger partial charge in [0.1, 0.15) is 5.75 Å². The van der Waals surface area contributed by atoms with Crippen LogP contribution in [-0.2, 0) is 4.79 Å².